The lowest BCUT2D eigenvalue weighted by atomic mass is 10.1. The number of esters is 1. The van der Waals surface area contributed by atoms with Crippen molar-refractivity contribution in [3.05, 3.63) is 29.8 Å². The van der Waals surface area contributed by atoms with E-state index in [2.05, 4.69) is 4.74 Å². The van der Waals surface area contributed by atoms with E-state index < -0.39 is 34.6 Å². The summed E-state index contributed by atoms with van der Waals surface area (Å²) in [5.41, 5.74) is 0.0922. The Bertz CT molecular complexity index is 821. The minimum atomic E-state index is -3.63. The van der Waals surface area contributed by atoms with Crippen molar-refractivity contribution in [2.75, 3.05) is 19.8 Å². The van der Waals surface area contributed by atoms with Crippen molar-refractivity contribution in [3.8, 4) is 0 Å². The fraction of sp³-hybridized carbons (Fsp3) is 0.500. The van der Waals surface area contributed by atoms with Crippen LogP contribution < -0.4 is 5.32 Å². The van der Waals surface area contributed by atoms with Crippen LogP contribution in [0.5, 0.6) is 0 Å². The lowest BCUT2D eigenvalue weighted by Gasteiger charge is -2.32. The van der Waals surface area contributed by atoms with Gasteiger partial charge >= 0.3 is 12.1 Å². The minimum absolute atomic E-state index is 0.0682. The van der Waals surface area contributed by atoms with E-state index in [0.29, 0.717) is 6.54 Å². The van der Waals surface area contributed by atoms with Gasteiger partial charge in [0.05, 0.1) is 17.1 Å². The first-order valence-corrected chi connectivity index (χ1v) is 10.5. The standard InChI is InChI=1S/C18H24N2O7S/c1-3-26-18(23)19-16(21)12-27-17(22)14-7-9-15(10-8-14)28(24,25)20-11-5-4-6-13(20)2/h7-10,13H,3-6,11-12H2,1-2H3,(H,19,21,23)/t13-/m1/s1. The van der Waals surface area contributed by atoms with E-state index in [1.807, 2.05) is 12.2 Å². The summed E-state index contributed by atoms with van der Waals surface area (Å²) in [6, 6.07) is 5.26. The second kappa shape index (κ2) is 9.65. The molecule has 1 aromatic rings. The van der Waals surface area contributed by atoms with Crippen LogP contribution in [0.15, 0.2) is 29.2 Å². The van der Waals surface area contributed by atoms with Crippen molar-refractivity contribution in [3.63, 3.8) is 0 Å². The lowest BCUT2D eigenvalue weighted by Crippen LogP contribution is -2.41. The normalized spacial score (nSPS) is 17.6. The van der Waals surface area contributed by atoms with Crippen molar-refractivity contribution < 1.29 is 32.3 Å². The van der Waals surface area contributed by atoms with E-state index in [9.17, 15) is 22.8 Å². The first-order chi connectivity index (χ1) is 13.3. The van der Waals surface area contributed by atoms with E-state index in [4.69, 9.17) is 4.74 Å². The van der Waals surface area contributed by atoms with Crippen LogP contribution in [0.2, 0.25) is 0 Å². The molecule has 1 atom stereocenters. The van der Waals surface area contributed by atoms with E-state index in [1.165, 1.54) is 28.6 Å². The van der Waals surface area contributed by atoms with Crippen molar-refractivity contribution in [1.29, 1.82) is 0 Å². The van der Waals surface area contributed by atoms with Gasteiger partial charge in [0, 0.05) is 12.6 Å². The smallest absolute Gasteiger partial charge is 0.413 e. The molecule has 9 nitrogen and oxygen atoms in total. The number of ether oxygens (including phenoxy) is 2. The zero-order valence-electron chi connectivity index (χ0n) is 15.8. The molecular formula is C18H24N2O7S. The second-order valence-corrected chi connectivity index (χ2v) is 8.22. The van der Waals surface area contributed by atoms with Gasteiger partial charge in [-0.2, -0.15) is 4.31 Å². The summed E-state index contributed by atoms with van der Waals surface area (Å²) in [6.45, 7) is 3.37. The third kappa shape index (κ3) is 5.52. The summed E-state index contributed by atoms with van der Waals surface area (Å²) >= 11 is 0. The number of imide groups is 1. The van der Waals surface area contributed by atoms with Crippen LogP contribution in [-0.4, -0.2) is 56.5 Å². The lowest BCUT2D eigenvalue weighted by molar-refractivity contribution is -0.123. The predicted molar refractivity (Wildman–Crippen MR) is 99.1 cm³/mol. The average Bonchev–Trinajstić information content (AvgIpc) is 2.66. The molecule has 1 N–H and O–H groups in total. The predicted octanol–water partition coefficient (Wildman–Crippen LogP) is 1.68. The van der Waals surface area contributed by atoms with Crippen molar-refractivity contribution in [2.45, 2.75) is 44.0 Å². The van der Waals surface area contributed by atoms with Gasteiger partial charge in [0.2, 0.25) is 10.0 Å². The minimum Gasteiger partial charge on any atom is -0.452 e. The molecule has 0 bridgehead atoms. The Morgan fingerprint density at radius 2 is 1.82 bits per heavy atom. The number of nitrogens with zero attached hydrogens (tertiary/aromatic N) is 1. The molecule has 2 rings (SSSR count). The summed E-state index contributed by atoms with van der Waals surface area (Å²) in [5.74, 6) is -1.64. The number of carbonyl (C=O) groups excluding carboxylic acids is 3. The number of amides is 2. The van der Waals surface area contributed by atoms with Crippen LogP contribution in [0.1, 0.15) is 43.5 Å². The summed E-state index contributed by atoms with van der Waals surface area (Å²) < 4.78 is 36.3. The van der Waals surface area contributed by atoms with Crippen LogP contribution in [0.3, 0.4) is 0 Å². The molecule has 1 heterocycles. The third-order valence-electron chi connectivity index (χ3n) is 4.29. The molecule has 2 amide bonds. The van der Waals surface area contributed by atoms with Crippen LogP contribution in [0.4, 0.5) is 4.79 Å². The first kappa shape index (κ1) is 21.8. The van der Waals surface area contributed by atoms with Crippen LogP contribution in [0, 0.1) is 0 Å². The number of hydrogen-bond acceptors (Lipinski definition) is 7. The zero-order chi connectivity index (χ0) is 20.7. The van der Waals surface area contributed by atoms with Crippen LogP contribution >= 0.6 is 0 Å². The summed E-state index contributed by atoms with van der Waals surface area (Å²) in [4.78, 5) is 34.7. The van der Waals surface area contributed by atoms with Gasteiger partial charge < -0.3 is 9.47 Å². The molecule has 1 aliphatic rings. The van der Waals surface area contributed by atoms with E-state index >= 15 is 0 Å². The van der Waals surface area contributed by atoms with Crippen molar-refractivity contribution in [2.24, 2.45) is 0 Å². The molecule has 1 fully saturated rings. The molecular weight excluding hydrogens is 388 g/mol. The van der Waals surface area contributed by atoms with Gasteiger partial charge in [-0.3, -0.25) is 10.1 Å². The topological polar surface area (TPSA) is 119 Å². The molecule has 1 aliphatic heterocycles. The first-order valence-electron chi connectivity index (χ1n) is 9.01. The SMILES string of the molecule is CCOC(=O)NC(=O)COC(=O)c1ccc(S(=O)(=O)N2CCCC[C@H]2C)cc1. The Kier molecular flexibility index (Phi) is 7.53. The highest BCUT2D eigenvalue weighted by molar-refractivity contribution is 7.89. The zero-order valence-corrected chi connectivity index (χ0v) is 16.7. The number of benzene rings is 1. The number of rotatable bonds is 6. The Morgan fingerprint density at radius 3 is 2.43 bits per heavy atom. The number of alkyl carbamates (subject to hydrolysis) is 1. The fourth-order valence-corrected chi connectivity index (χ4v) is 4.56. The molecule has 0 unspecified atom stereocenters. The maximum Gasteiger partial charge on any atom is 0.413 e. The van der Waals surface area contributed by atoms with Crippen molar-refractivity contribution >= 4 is 28.0 Å². The third-order valence-corrected chi connectivity index (χ3v) is 6.32. The van der Waals surface area contributed by atoms with Crippen LogP contribution in [0.25, 0.3) is 0 Å². The Balaban J connectivity index is 1.97. The van der Waals surface area contributed by atoms with Gasteiger partial charge in [-0.25, -0.2) is 18.0 Å². The molecule has 154 valence electrons. The van der Waals surface area contributed by atoms with Gasteiger partial charge in [0.1, 0.15) is 0 Å². The summed E-state index contributed by atoms with van der Waals surface area (Å²) in [7, 11) is -3.63. The summed E-state index contributed by atoms with van der Waals surface area (Å²) in [6.07, 6.45) is 1.71. The van der Waals surface area contributed by atoms with Crippen molar-refractivity contribution in [1.82, 2.24) is 9.62 Å². The molecule has 0 radical (unpaired) electrons. The van der Waals surface area contributed by atoms with Gasteiger partial charge in [-0.05, 0) is 51.0 Å². The fourth-order valence-electron chi connectivity index (χ4n) is 2.86. The molecule has 1 saturated heterocycles. The van der Waals surface area contributed by atoms with Gasteiger partial charge in [-0.15, -0.1) is 0 Å². The molecule has 0 spiro atoms. The van der Waals surface area contributed by atoms with Crippen LogP contribution in [-0.2, 0) is 24.3 Å². The highest BCUT2D eigenvalue weighted by Gasteiger charge is 2.31. The highest BCUT2D eigenvalue weighted by Crippen LogP contribution is 2.25. The largest absolute Gasteiger partial charge is 0.452 e. The van der Waals surface area contributed by atoms with E-state index in [-0.39, 0.29) is 23.1 Å². The Morgan fingerprint density at radius 1 is 1.14 bits per heavy atom. The quantitative estimate of drug-likeness (QED) is 0.706. The number of nitrogens with one attached hydrogen (secondary N) is 1. The second-order valence-electron chi connectivity index (χ2n) is 6.33. The average molecular weight is 412 g/mol. The van der Waals surface area contributed by atoms with E-state index in [0.717, 1.165) is 19.3 Å². The monoisotopic (exact) mass is 412 g/mol. The highest BCUT2D eigenvalue weighted by atomic mass is 32.2. The molecule has 1 aromatic carbocycles. The molecule has 10 heteroatoms. The van der Waals surface area contributed by atoms with E-state index in [1.54, 1.807) is 6.92 Å². The Labute approximate surface area is 164 Å². The van der Waals surface area contributed by atoms with Gasteiger partial charge in [0.25, 0.3) is 5.91 Å². The van der Waals surface area contributed by atoms with Gasteiger partial charge in [0.15, 0.2) is 6.61 Å². The molecule has 0 aliphatic carbocycles. The number of sulfonamides is 1. The van der Waals surface area contributed by atoms with Gasteiger partial charge in [-0.1, -0.05) is 6.42 Å². The number of piperidine rings is 1. The number of hydrogen-bond donors (Lipinski definition) is 1. The summed E-state index contributed by atoms with van der Waals surface area (Å²) in [5, 5.41) is 1.89. The number of carbonyl (C=O) groups is 3. The molecule has 28 heavy (non-hydrogen) atoms. The molecule has 0 saturated carbocycles. The maximum absolute atomic E-state index is 12.8. The molecule has 0 aromatic heterocycles. The maximum atomic E-state index is 12.8. The Hall–Kier alpha value is -2.46.